The minimum atomic E-state index is -0.130. The van der Waals surface area contributed by atoms with Crippen molar-refractivity contribution in [3.05, 3.63) is 51.9 Å². The van der Waals surface area contributed by atoms with E-state index in [-0.39, 0.29) is 5.56 Å². The van der Waals surface area contributed by atoms with Gasteiger partial charge in [-0.15, -0.1) is 0 Å². The molecule has 0 unspecified atom stereocenters. The molecule has 0 saturated heterocycles. The molecule has 2 N–H and O–H groups in total. The quantitative estimate of drug-likeness (QED) is 0.885. The molecule has 0 saturated carbocycles. The highest BCUT2D eigenvalue weighted by atomic mass is 32.2. The van der Waals surface area contributed by atoms with Gasteiger partial charge in [0, 0.05) is 17.5 Å². The van der Waals surface area contributed by atoms with Crippen molar-refractivity contribution in [3.8, 4) is 0 Å². The van der Waals surface area contributed by atoms with Crippen LogP contribution in [0.25, 0.3) is 0 Å². The molecule has 0 aliphatic carbocycles. The first kappa shape index (κ1) is 14.7. The minimum Gasteiger partial charge on any atom is -0.326 e. The van der Waals surface area contributed by atoms with Gasteiger partial charge in [0.15, 0.2) is 0 Å². The molecule has 0 aliphatic rings. The average molecular weight is 289 g/mol. The molecule has 0 spiro atoms. The van der Waals surface area contributed by atoms with E-state index in [0.717, 1.165) is 22.7 Å². The maximum absolute atomic E-state index is 11.7. The van der Waals surface area contributed by atoms with Gasteiger partial charge in [-0.2, -0.15) is 11.8 Å². The third-order valence-electron chi connectivity index (χ3n) is 2.64. The molecule has 4 nitrogen and oxygen atoms in total. The summed E-state index contributed by atoms with van der Waals surface area (Å²) in [6, 6.07) is 9.50. The standard InChI is InChI=1S/C15H19N3OS/c1-10(2)20-9-13-8-14(19)18-15(17-13)16-12-6-4-5-11(3)7-12/h4-8,10H,9H2,1-3H3,(H2,16,17,18,19). The molecule has 0 fully saturated rings. The monoisotopic (exact) mass is 289 g/mol. The summed E-state index contributed by atoms with van der Waals surface area (Å²) in [6.07, 6.45) is 0. The molecule has 106 valence electrons. The molecule has 0 bridgehead atoms. The van der Waals surface area contributed by atoms with Gasteiger partial charge < -0.3 is 5.32 Å². The predicted octanol–water partition coefficient (Wildman–Crippen LogP) is 3.46. The Morgan fingerprint density at radius 2 is 2.15 bits per heavy atom. The second-order valence-corrected chi connectivity index (χ2v) is 6.50. The fraction of sp³-hybridized carbons (Fsp3) is 0.333. The van der Waals surface area contributed by atoms with Gasteiger partial charge in [-0.1, -0.05) is 26.0 Å². The van der Waals surface area contributed by atoms with E-state index in [1.807, 2.05) is 31.2 Å². The van der Waals surface area contributed by atoms with Crippen molar-refractivity contribution in [3.63, 3.8) is 0 Å². The summed E-state index contributed by atoms with van der Waals surface area (Å²) in [5.74, 6) is 1.23. The molecule has 1 aromatic heterocycles. The second kappa shape index (κ2) is 6.61. The second-order valence-electron chi connectivity index (χ2n) is 4.94. The van der Waals surface area contributed by atoms with Crippen LogP contribution < -0.4 is 10.9 Å². The summed E-state index contributed by atoms with van der Waals surface area (Å²) < 4.78 is 0. The highest BCUT2D eigenvalue weighted by Gasteiger charge is 2.04. The average Bonchev–Trinajstić information content (AvgIpc) is 2.35. The van der Waals surface area contributed by atoms with Gasteiger partial charge in [-0.05, 0) is 29.9 Å². The minimum absolute atomic E-state index is 0.130. The largest absolute Gasteiger partial charge is 0.326 e. The Morgan fingerprint density at radius 1 is 1.35 bits per heavy atom. The Kier molecular flexibility index (Phi) is 4.84. The predicted molar refractivity (Wildman–Crippen MR) is 85.8 cm³/mol. The molecule has 0 aliphatic heterocycles. The Labute approximate surface area is 123 Å². The highest BCUT2D eigenvalue weighted by molar-refractivity contribution is 7.99. The molecule has 20 heavy (non-hydrogen) atoms. The number of nitrogens with one attached hydrogen (secondary N) is 2. The first-order valence-electron chi connectivity index (χ1n) is 6.58. The van der Waals surface area contributed by atoms with Crippen LogP contribution >= 0.6 is 11.8 Å². The summed E-state index contributed by atoms with van der Waals surface area (Å²) in [5, 5.41) is 3.66. The van der Waals surface area contributed by atoms with E-state index in [1.54, 1.807) is 17.8 Å². The topological polar surface area (TPSA) is 57.8 Å². The first-order valence-corrected chi connectivity index (χ1v) is 7.63. The van der Waals surface area contributed by atoms with E-state index >= 15 is 0 Å². The van der Waals surface area contributed by atoms with Crippen LogP contribution in [0.4, 0.5) is 11.6 Å². The fourth-order valence-corrected chi connectivity index (χ4v) is 2.40. The highest BCUT2D eigenvalue weighted by Crippen LogP contribution is 2.17. The number of rotatable bonds is 5. The van der Waals surface area contributed by atoms with Gasteiger partial charge in [0.2, 0.25) is 5.95 Å². The third kappa shape index (κ3) is 4.42. The fourth-order valence-electron chi connectivity index (χ4n) is 1.75. The van der Waals surface area contributed by atoms with Gasteiger partial charge in [0.1, 0.15) is 0 Å². The molecule has 0 radical (unpaired) electrons. The van der Waals surface area contributed by atoms with E-state index in [1.165, 1.54) is 0 Å². The van der Waals surface area contributed by atoms with Crippen LogP contribution in [0.3, 0.4) is 0 Å². The Balaban J connectivity index is 2.17. The number of hydrogen-bond acceptors (Lipinski definition) is 4. The molecular weight excluding hydrogens is 270 g/mol. The van der Waals surface area contributed by atoms with E-state index in [4.69, 9.17) is 0 Å². The number of anilines is 2. The normalized spacial score (nSPS) is 10.8. The number of nitrogens with zero attached hydrogens (tertiary/aromatic N) is 1. The molecule has 5 heteroatoms. The van der Waals surface area contributed by atoms with Crippen LogP contribution in [0.2, 0.25) is 0 Å². The van der Waals surface area contributed by atoms with Crippen molar-refractivity contribution in [1.82, 2.24) is 9.97 Å². The molecule has 2 rings (SSSR count). The molecule has 1 aromatic carbocycles. The summed E-state index contributed by atoms with van der Waals surface area (Å²) in [7, 11) is 0. The zero-order valence-corrected chi connectivity index (χ0v) is 12.8. The van der Waals surface area contributed by atoms with Crippen molar-refractivity contribution in [1.29, 1.82) is 0 Å². The van der Waals surface area contributed by atoms with Gasteiger partial charge >= 0.3 is 0 Å². The number of thioether (sulfide) groups is 1. The molecule has 1 heterocycles. The Bertz CT molecular complexity index is 637. The van der Waals surface area contributed by atoms with Crippen LogP contribution in [0.5, 0.6) is 0 Å². The maximum Gasteiger partial charge on any atom is 0.252 e. The number of benzene rings is 1. The van der Waals surface area contributed by atoms with E-state index in [0.29, 0.717) is 11.2 Å². The van der Waals surface area contributed by atoms with Gasteiger partial charge in [0.25, 0.3) is 5.56 Å². The number of aromatic amines is 1. The van der Waals surface area contributed by atoms with Gasteiger partial charge in [0.05, 0.1) is 5.69 Å². The Hall–Kier alpha value is -1.75. The van der Waals surface area contributed by atoms with Crippen molar-refractivity contribution in [2.45, 2.75) is 31.8 Å². The zero-order valence-electron chi connectivity index (χ0n) is 11.9. The zero-order chi connectivity index (χ0) is 14.5. The number of aromatic nitrogens is 2. The summed E-state index contributed by atoms with van der Waals surface area (Å²) in [4.78, 5) is 18.8. The van der Waals surface area contributed by atoms with Crippen LogP contribution in [-0.4, -0.2) is 15.2 Å². The lowest BCUT2D eigenvalue weighted by Crippen LogP contribution is -2.12. The molecular formula is C15H19N3OS. The van der Waals surface area contributed by atoms with Gasteiger partial charge in [-0.3, -0.25) is 9.78 Å². The van der Waals surface area contributed by atoms with Crippen molar-refractivity contribution < 1.29 is 0 Å². The third-order valence-corrected chi connectivity index (χ3v) is 3.77. The smallest absolute Gasteiger partial charge is 0.252 e. The SMILES string of the molecule is Cc1cccc(Nc2nc(CSC(C)C)cc(=O)[nH]2)c1. The van der Waals surface area contributed by atoms with Crippen LogP contribution in [0.1, 0.15) is 25.1 Å². The van der Waals surface area contributed by atoms with Gasteiger partial charge in [-0.25, -0.2) is 4.98 Å². The van der Waals surface area contributed by atoms with Crippen molar-refractivity contribution >= 4 is 23.4 Å². The number of H-pyrrole nitrogens is 1. The van der Waals surface area contributed by atoms with Crippen LogP contribution in [0, 0.1) is 6.92 Å². The van der Waals surface area contributed by atoms with Crippen LogP contribution in [-0.2, 0) is 5.75 Å². The van der Waals surface area contributed by atoms with Crippen molar-refractivity contribution in [2.24, 2.45) is 0 Å². The van der Waals surface area contributed by atoms with E-state index in [9.17, 15) is 4.79 Å². The summed E-state index contributed by atoms with van der Waals surface area (Å²) in [6.45, 7) is 6.28. The van der Waals surface area contributed by atoms with Crippen LogP contribution in [0.15, 0.2) is 35.1 Å². The maximum atomic E-state index is 11.7. The lowest BCUT2D eigenvalue weighted by atomic mass is 10.2. The molecule has 0 amide bonds. The van der Waals surface area contributed by atoms with Crippen molar-refractivity contribution in [2.75, 3.05) is 5.32 Å². The summed E-state index contributed by atoms with van der Waals surface area (Å²) in [5.41, 5.74) is 2.74. The van der Waals surface area contributed by atoms with E-state index in [2.05, 4.69) is 29.1 Å². The number of hydrogen-bond donors (Lipinski definition) is 2. The summed E-state index contributed by atoms with van der Waals surface area (Å²) >= 11 is 1.77. The molecule has 2 aromatic rings. The molecule has 0 atom stereocenters. The first-order chi connectivity index (χ1) is 9.52. The lowest BCUT2D eigenvalue weighted by molar-refractivity contribution is 1.05. The van der Waals surface area contributed by atoms with E-state index < -0.39 is 0 Å². The number of aryl methyl sites for hydroxylation is 1. The lowest BCUT2D eigenvalue weighted by Gasteiger charge is -2.08. The Morgan fingerprint density at radius 3 is 2.85 bits per heavy atom.